The number of nitrogens with two attached hydrogens (primary N) is 1. The quantitative estimate of drug-likeness (QED) is 0.617. The largest absolute Gasteiger partial charge is 0.493 e. The molecule has 1 aromatic carbocycles. The van der Waals surface area contributed by atoms with E-state index in [-0.39, 0.29) is 6.04 Å². The van der Waals surface area contributed by atoms with Crippen molar-refractivity contribution in [1.29, 1.82) is 0 Å². The standard InChI is InChI=1S/C17H26N2O/c1-2-9-20-16-6-4-3-5-14(16)17(19-18)15-11-12-7-8-13(15)10-12/h3-6,12-13,15,17,19H,2,7-11,18H2,1H3. The Kier molecular flexibility index (Phi) is 4.27. The summed E-state index contributed by atoms with van der Waals surface area (Å²) in [6.07, 6.45) is 6.56. The highest BCUT2D eigenvalue weighted by Gasteiger charge is 2.43. The van der Waals surface area contributed by atoms with Gasteiger partial charge in [-0.1, -0.05) is 31.5 Å². The first-order valence-electron chi connectivity index (χ1n) is 8.01. The third kappa shape index (κ3) is 2.57. The maximum atomic E-state index is 5.91. The Balaban J connectivity index is 1.82. The fourth-order valence-corrected chi connectivity index (χ4v) is 4.23. The predicted octanol–water partition coefficient (Wildman–Crippen LogP) is 3.42. The van der Waals surface area contributed by atoms with Crippen LogP contribution in [0.4, 0.5) is 0 Å². The monoisotopic (exact) mass is 274 g/mol. The molecule has 2 aliphatic carbocycles. The molecule has 3 N–H and O–H groups in total. The molecule has 4 atom stereocenters. The number of para-hydroxylation sites is 1. The number of hydrogen-bond acceptors (Lipinski definition) is 3. The predicted molar refractivity (Wildman–Crippen MR) is 81.2 cm³/mol. The van der Waals surface area contributed by atoms with E-state index in [1.54, 1.807) is 0 Å². The maximum absolute atomic E-state index is 5.91. The number of fused-ring (bicyclic) bond motifs is 2. The van der Waals surface area contributed by atoms with Crippen LogP contribution < -0.4 is 16.0 Å². The van der Waals surface area contributed by atoms with Crippen molar-refractivity contribution in [1.82, 2.24) is 5.43 Å². The Hall–Kier alpha value is -1.06. The van der Waals surface area contributed by atoms with E-state index in [1.807, 2.05) is 6.07 Å². The average molecular weight is 274 g/mol. The Bertz CT molecular complexity index is 448. The molecule has 4 unspecified atom stereocenters. The summed E-state index contributed by atoms with van der Waals surface area (Å²) < 4.78 is 5.91. The first kappa shape index (κ1) is 13.9. The molecule has 3 rings (SSSR count). The van der Waals surface area contributed by atoms with E-state index in [0.29, 0.717) is 5.92 Å². The van der Waals surface area contributed by atoms with Gasteiger partial charge in [-0.25, -0.2) is 0 Å². The smallest absolute Gasteiger partial charge is 0.124 e. The van der Waals surface area contributed by atoms with Crippen molar-refractivity contribution >= 4 is 0 Å². The molecule has 1 aromatic rings. The Morgan fingerprint density at radius 2 is 2.15 bits per heavy atom. The van der Waals surface area contributed by atoms with E-state index in [9.17, 15) is 0 Å². The highest BCUT2D eigenvalue weighted by molar-refractivity contribution is 5.36. The number of nitrogens with one attached hydrogen (secondary N) is 1. The zero-order chi connectivity index (χ0) is 13.9. The molecule has 20 heavy (non-hydrogen) atoms. The zero-order valence-corrected chi connectivity index (χ0v) is 12.3. The minimum absolute atomic E-state index is 0.235. The topological polar surface area (TPSA) is 47.3 Å². The Labute approximate surface area is 121 Å². The van der Waals surface area contributed by atoms with E-state index < -0.39 is 0 Å². The molecule has 110 valence electrons. The molecule has 0 aromatic heterocycles. The van der Waals surface area contributed by atoms with Gasteiger partial charge in [0.05, 0.1) is 12.6 Å². The number of hydrazine groups is 1. The summed E-state index contributed by atoms with van der Waals surface area (Å²) in [5.74, 6) is 9.36. The van der Waals surface area contributed by atoms with Gasteiger partial charge >= 0.3 is 0 Å². The zero-order valence-electron chi connectivity index (χ0n) is 12.3. The fourth-order valence-electron chi connectivity index (χ4n) is 4.23. The van der Waals surface area contributed by atoms with Crippen LogP contribution >= 0.6 is 0 Å². The van der Waals surface area contributed by atoms with Crippen molar-refractivity contribution in [2.24, 2.45) is 23.6 Å². The van der Waals surface area contributed by atoms with Gasteiger partial charge in [-0.15, -0.1) is 0 Å². The molecule has 2 aliphatic rings. The van der Waals surface area contributed by atoms with E-state index >= 15 is 0 Å². The normalized spacial score (nSPS) is 29.6. The summed E-state index contributed by atoms with van der Waals surface area (Å²) in [4.78, 5) is 0. The van der Waals surface area contributed by atoms with Gasteiger partial charge in [0.15, 0.2) is 0 Å². The number of benzene rings is 1. The van der Waals surface area contributed by atoms with E-state index in [1.165, 1.54) is 31.2 Å². The molecule has 0 radical (unpaired) electrons. The molecule has 2 saturated carbocycles. The first-order chi connectivity index (χ1) is 9.83. The Morgan fingerprint density at radius 3 is 2.80 bits per heavy atom. The summed E-state index contributed by atoms with van der Waals surface area (Å²) in [5, 5.41) is 0. The van der Waals surface area contributed by atoms with Crippen LogP contribution in [0.15, 0.2) is 24.3 Å². The van der Waals surface area contributed by atoms with Gasteiger partial charge in [0.1, 0.15) is 5.75 Å². The van der Waals surface area contributed by atoms with Crippen LogP contribution in [0, 0.1) is 17.8 Å². The SMILES string of the molecule is CCCOc1ccccc1C(NN)C1CC2CCC1C2. The highest BCUT2D eigenvalue weighted by Crippen LogP contribution is 2.53. The van der Waals surface area contributed by atoms with Gasteiger partial charge in [-0.05, 0) is 49.5 Å². The molecular weight excluding hydrogens is 248 g/mol. The van der Waals surface area contributed by atoms with Crippen LogP contribution in [0.3, 0.4) is 0 Å². The van der Waals surface area contributed by atoms with Crippen molar-refractivity contribution in [3.8, 4) is 5.75 Å². The molecule has 0 amide bonds. The van der Waals surface area contributed by atoms with Crippen LogP contribution in [-0.4, -0.2) is 6.61 Å². The first-order valence-corrected chi connectivity index (χ1v) is 8.01. The van der Waals surface area contributed by atoms with E-state index in [2.05, 4.69) is 30.5 Å². The molecule has 0 aliphatic heterocycles. The maximum Gasteiger partial charge on any atom is 0.124 e. The van der Waals surface area contributed by atoms with Gasteiger partial charge < -0.3 is 4.74 Å². The van der Waals surface area contributed by atoms with Crippen LogP contribution in [0.5, 0.6) is 5.75 Å². The van der Waals surface area contributed by atoms with Crippen molar-refractivity contribution in [2.45, 2.75) is 45.1 Å². The highest BCUT2D eigenvalue weighted by atomic mass is 16.5. The number of ether oxygens (including phenoxy) is 1. The second-order valence-electron chi connectivity index (χ2n) is 6.37. The van der Waals surface area contributed by atoms with Crippen molar-refractivity contribution in [3.05, 3.63) is 29.8 Å². The third-order valence-corrected chi connectivity index (χ3v) is 5.12. The minimum atomic E-state index is 0.235. The van der Waals surface area contributed by atoms with Gasteiger partial charge in [-0.2, -0.15) is 0 Å². The van der Waals surface area contributed by atoms with Crippen molar-refractivity contribution in [3.63, 3.8) is 0 Å². The van der Waals surface area contributed by atoms with Crippen LogP contribution in [0.1, 0.15) is 50.6 Å². The minimum Gasteiger partial charge on any atom is -0.493 e. The van der Waals surface area contributed by atoms with Crippen LogP contribution in [0.2, 0.25) is 0 Å². The van der Waals surface area contributed by atoms with E-state index in [0.717, 1.165) is 30.6 Å². The lowest BCUT2D eigenvalue weighted by Crippen LogP contribution is -2.36. The average Bonchev–Trinajstić information content (AvgIpc) is 3.10. The van der Waals surface area contributed by atoms with Crippen LogP contribution in [0.25, 0.3) is 0 Å². The fraction of sp³-hybridized carbons (Fsp3) is 0.647. The lowest BCUT2D eigenvalue weighted by Gasteiger charge is -2.31. The van der Waals surface area contributed by atoms with Gasteiger partial charge in [0.2, 0.25) is 0 Å². The summed E-state index contributed by atoms with van der Waals surface area (Å²) in [7, 11) is 0. The molecule has 0 spiro atoms. The van der Waals surface area contributed by atoms with Gasteiger partial charge in [0, 0.05) is 5.56 Å². The molecule has 0 saturated heterocycles. The summed E-state index contributed by atoms with van der Waals surface area (Å²) in [6.45, 7) is 2.90. The lowest BCUT2D eigenvalue weighted by atomic mass is 9.80. The molecule has 2 bridgehead atoms. The molecule has 3 nitrogen and oxygen atoms in total. The summed E-state index contributed by atoms with van der Waals surface area (Å²) in [5.41, 5.74) is 4.32. The summed E-state index contributed by atoms with van der Waals surface area (Å²) >= 11 is 0. The second kappa shape index (κ2) is 6.15. The second-order valence-corrected chi connectivity index (χ2v) is 6.37. The summed E-state index contributed by atoms with van der Waals surface area (Å²) in [6, 6.07) is 8.61. The molecule has 0 heterocycles. The van der Waals surface area contributed by atoms with Crippen LogP contribution in [-0.2, 0) is 0 Å². The molecule has 2 fully saturated rings. The lowest BCUT2D eigenvalue weighted by molar-refractivity contribution is 0.242. The number of rotatable bonds is 6. The van der Waals surface area contributed by atoms with Crippen molar-refractivity contribution in [2.75, 3.05) is 6.61 Å². The Morgan fingerprint density at radius 1 is 1.30 bits per heavy atom. The number of hydrogen-bond donors (Lipinski definition) is 2. The molecule has 3 heteroatoms. The van der Waals surface area contributed by atoms with Crippen molar-refractivity contribution < 1.29 is 4.74 Å². The molecular formula is C17H26N2O. The van der Waals surface area contributed by atoms with Gasteiger partial charge in [0.25, 0.3) is 0 Å². The third-order valence-electron chi connectivity index (χ3n) is 5.12. The van der Waals surface area contributed by atoms with Gasteiger partial charge in [-0.3, -0.25) is 11.3 Å². The van der Waals surface area contributed by atoms with E-state index in [4.69, 9.17) is 10.6 Å².